The average molecular weight is 316 g/mol. The summed E-state index contributed by atoms with van der Waals surface area (Å²) in [5.41, 5.74) is 1.77. The minimum absolute atomic E-state index is 0.104. The summed E-state index contributed by atoms with van der Waals surface area (Å²) in [5, 5.41) is 4.94. The van der Waals surface area contributed by atoms with Gasteiger partial charge in [0.25, 0.3) is 0 Å². The molecule has 0 unspecified atom stereocenters. The molecule has 1 aromatic carbocycles. The van der Waals surface area contributed by atoms with E-state index < -0.39 is 0 Å². The van der Waals surface area contributed by atoms with Crippen molar-refractivity contribution in [3.05, 3.63) is 62.9 Å². The third-order valence-corrected chi connectivity index (χ3v) is 4.05. The number of rotatable bonds is 4. The van der Waals surface area contributed by atoms with Crippen LogP contribution in [0.4, 0.5) is 0 Å². The molecule has 2 nitrogen and oxygen atoms in total. The van der Waals surface area contributed by atoms with E-state index in [1.807, 2.05) is 25.1 Å². The van der Waals surface area contributed by atoms with Crippen LogP contribution in [0.25, 0.3) is 0 Å². The molecule has 5 heteroatoms. The van der Waals surface area contributed by atoms with Crippen molar-refractivity contribution >= 4 is 34.8 Å². The summed E-state index contributed by atoms with van der Waals surface area (Å²) in [6.07, 6.45) is 1.77. The van der Waals surface area contributed by atoms with Gasteiger partial charge in [-0.05, 0) is 31.2 Å². The Morgan fingerprint density at radius 2 is 1.84 bits per heavy atom. The Kier molecular flexibility index (Phi) is 5.06. The Labute approximate surface area is 127 Å². The van der Waals surface area contributed by atoms with E-state index in [0.717, 1.165) is 11.3 Å². The van der Waals surface area contributed by atoms with E-state index in [0.29, 0.717) is 21.6 Å². The van der Waals surface area contributed by atoms with Gasteiger partial charge in [0.2, 0.25) is 0 Å². The molecule has 100 valence electrons. The van der Waals surface area contributed by atoms with E-state index in [9.17, 15) is 0 Å². The van der Waals surface area contributed by atoms with Gasteiger partial charge in [-0.3, -0.25) is 4.98 Å². The zero-order chi connectivity index (χ0) is 13.8. The first-order chi connectivity index (χ1) is 9.09. The quantitative estimate of drug-likeness (QED) is 0.812. The largest absolute Gasteiger partial charge is 0.305 e. The fourth-order valence-electron chi connectivity index (χ4n) is 1.72. The van der Waals surface area contributed by atoms with Crippen LogP contribution in [0.2, 0.25) is 15.1 Å². The number of aromatic nitrogens is 1. The van der Waals surface area contributed by atoms with Crippen molar-refractivity contribution in [1.29, 1.82) is 0 Å². The van der Waals surface area contributed by atoms with Crippen molar-refractivity contribution < 1.29 is 0 Å². The second-order valence-corrected chi connectivity index (χ2v) is 5.37. The summed E-state index contributed by atoms with van der Waals surface area (Å²) < 4.78 is 0. The molecule has 1 heterocycles. The molecule has 1 atom stereocenters. The van der Waals surface area contributed by atoms with E-state index >= 15 is 0 Å². The van der Waals surface area contributed by atoms with Crippen molar-refractivity contribution in [1.82, 2.24) is 10.3 Å². The van der Waals surface area contributed by atoms with Crippen LogP contribution in [0, 0.1) is 0 Å². The minimum Gasteiger partial charge on any atom is -0.305 e. The fourth-order valence-corrected chi connectivity index (χ4v) is 2.40. The van der Waals surface area contributed by atoms with Crippen LogP contribution >= 0.6 is 34.8 Å². The number of benzene rings is 1. The molecule has 0 aliphatic rings. The molecule has 0 amide bonds. The molecule has 0 saturated carbocycles. The molecule has 0 spiro atoms. The maximum atomic E-state index is 6.16. The predicted molar refractivity (Wildman–Crippen MR) is 81.0 cm³/mol. The summed E-state index contributed by atoms with van der Waals surface area (Å²) in [7, 11) is 0. The summed E-state index contributed by atoms with van der Waals surface area (Å²) in [4.78, 5) is 4.30. The van der Waals surface area contributed by atoms with E-state index in [1.165, 1.54) is 0 Å². The van der Waals surface area contributed by atoms with Gasteiger partial charge in [0, 0.05) is 29.4 Å². The second kappa shape index (κ2) is 6.58. The molecule has 0 saturated heterocycles. The highest BCUT2D eigenvalue weighted by molar-refractivity contribution is 6.44. The number of hydrogen-bond donors (Lipinski definition) is 1. The highest BCUT2D eigenvalue weighted by Gasteiger charge is 2.12. The SMILES string of the molecule is C[C@H](NCc1c(Cl)ccc(Cl)c1Cl)c1ccccn1. The maximum absolute atomic E-state index is 6.16. The molecule has 0 bridgehead atoms. The first-order valence-corrected chi connectivity index (χ1v) is 6.99. The molecule has 0 aliphatic heterocycles. The van der Waals surface area contributed by atoms with Gasteiger partial charge < -0.3 is 5.32 Å². The lowest BCUT2D eigenvalue weighted by molar-refractivity contribution is 0.562. The van der Waals surface area contributed by atoms with Crippen molar-refractivity contribution in [2.24, 2.45) is 0 Å². The topological polar surface area (TPSA) is 24.9 Å². The second-order valence-electron chi connectivity index (χ2n) is 4.18. The highest BCUT2D eigenvalue weighted by atomic mass is 35.5. The lowest BCUT2D eigenvalue weighted by atomic mass is 10.1. The van der Waals surface area contributed by atoms with E-state index in [4.69, 9.17) is 34.8 Å². The van der Waals surface area contributed by atoms with Gasteiger partial charge in [0.05, 0.1) is 15.7 Å². The summed E-state index contributed by atoms with van der Waals surface area (Å²) in [5.74, 6) is 0. The van der Waals surface area contributed by atoms with Crippen molar-refractivity contribution in [3.8, 4) is 0 Å². The summed E-state index contributed by atoms with van der Waals surface area (Å²) in [6.45, 7) is 2.57. The molecule has 2 rings (SSSR count). The van der Waals surface area contributed by atoms with Crippen molar-refractivity contribution in [2.45, 2.75) is 19.5 Å². The summed E-state index contributed by atoms with van der Waals surface area (Å²) >= 11 is 18.3. The molecule has 0 radical (unpaired) electrons. The van der Waals surface area contributed by atoms with Crippen molar-refractivity contribution in [3.63, 3.8) is 0 Å². The molecule has 19 heavy (non-hydrogen) atoms. The van der Waals surface area contributed by atoms with Crippen LogP contribution in [0.1, 0.15) is 24.2 Å². The molecule has 1 aromatic heterocycles. The van der Waals surface area contributed by atoms with Gasteiger partial charge in [-0.1, -0.05) is 40.9 Å². The molecule has 0 fully saturated rings. The Morgan fingerprint density at radius 3 is 2.53 bits per heavy atom. The third-order valence-electron chi connectivity index (χ3n) is 2.86. The lowest BCUT2D eigenvalue weighted by Gasteiger charge is -2.15. The first kappa shape index (κ1) is 14.6. The number of nitrogens with one attached hydrogen (secondary N) is 1. The number of halogens is 3. The maximum Gasteiger partial charge on any atom is 0.0652 e. The van der Waals surface area contributed by atoms with Crippen molar-refractivity contribution in [2.75, 3.05) is 0 Å². The van der Waals surface area contributed by atoms with Crippen LogP contribution in [-0.4, -0.2) is 4.98 Å². The normalized spacial score (nSPS) is 12.4. The molecule has 0 aliphatic carbocycles. The summed E-state index contributed by atoms with van der Waals surface area (Å²) in [6, 6.07) is 9.36. The lowest BCUT2D eigenvalue weighted by Crippen LogP contribution is -2.19. The van der Waals surface area contributed by atoms with E-state index in [2.05, 4.69) is 10.3 Å². The van der Waals surface area contributed by atoms with Gasteiger partial charge in [-0.2, -0.15) is 0 Å². The van der Waals surface area contributed by atoms with E-state index in [1.54, 1.807) is 18.3 Å². The van der Waals surface area contributed by atoms with Crippen LogP contribution in [0.15, 0.2) is 36.5 Å². The zero-order valence-electron chi connectivity index (χ0n) is 10.3. The third kappa shape index (κ3) is 3.61. The highest BCUT2D eigenvalue weighted by Crippen LogP contribution is 2.31. The Bertz CT molecular complexity index is 558. The zero-order valence-corrected chi connectivity index (χ0v) is 12.6. The fraction of sp³-hybridized carbons (Fsp3) is 0.214. The number of nitrogens with zero attached hydrogens (tertiary/aromatic N) is 1. The Morgan fingerprint density at radius 1 is 1.11 bits per heavy atom. The van der Waals surface area contributed by atoms with Gasteiger partial charge in [-0.25, -0.2) is 0 Å². The van der Waals surface area contributed by atoms with Crippen LogP contribution < -0.4 is 5.32 Å². The number of pyridine rings is 1. The Hall–Kier alpha value is -0.800. The first-order valence-electron chi connectivity index (χ1n) is 5.86. The van der Waals surface area contributed by atoms with Gasteiger partial charge in [-0.15, -0.1) is 0 Å². The molecular weight excluding hydrogens is 303 g/mol. The molecular formula is C14H13Cl3N2. The smallest absolute Gasteiger partial charge is 0.0652 e. The minimum atomic E-state index is 0.104. The molecule has 2 aromatic rings. The van der Waals surface area contributed by atoms with Gasteiger partial charge in [0.15, 0.2) is 0 Å². The van der Waals surface area contributed by atoms with Gasteiger partial charge >= 0.3 is 0 Å². The Balaban J connectivity index is 2.09. The van der Waals surface area contributed by atoms with Gasteiger partial charge in [0.1, 0.15) is 0 Å². The van der Waals surface area contributed by atoms with Crippen LogP contribution in [0.3, 0.4) is 0 Å². The standard InChI is InChI=1S/C14H13Cl3N2/c1-9(13-4-2-3-7-18-13)19-8-10-11(15)5-6-12(16)14(10)17/h2-7,9,19H,8H2,1H3/t9-/m0/s1. The van der Waals surface area contributed by atoms with E-state index in [-0.39, 0.29) is 6.04 Å². The monoisotopic (exact) mass is 314 g/mol. The van der Waals surface area contributed by atoms with Crippen LogP contribution in [-0.2, 0) is 6.54 Å². The predicted octanol–water partition coefficient (Wildman–Crippen LogP) is 4.89. The van der Waals surface area contributed by atoms with Crippen LogP contribution in [0.5, 0.6) is 0 Å². The number of hydrogen-bond acceptors (Lipinski definition) is 2. The molecule has 1 N–H and O–H groups in total. The average Bonchev–Trinajstić information content (AvgIpc) is 2.44.